The third kappa shape index (κ3) is 3.10. The second kappa shape index (κ2) is 6.53. The highest BCUT2D eigenvalue weighted by Crippen LogP contribution is 2.21. The van der Waals surface area contributed by atoms with Gasteiger partial charge in [0, 0.05) is 18.6 Å². The van der Waals surface area contributed by atoms with Crippen LogP contribution in [0.2, 0.25) is 0 Å². The Kier molecular flexibility index (Phi) is 4.74. The van der Waals surface area contributed by atoms with Gasteiger partial charge in [-0.05, 0) is 31.0 Å². The molecule has 0 radical (unpaired) electrons. The van der Waals surface area contributed by atoms with Crippen molar-refractivity contribution in [2.75, 3.05) is 19.8 Å². The van der Waals surface area contributed by atoms with Gasteiger partial charge in [-0.25, -0.2) is 0 Å². The lowest BCUT2D eigenvalue weighted by molar-refractivity contribution is 0.0326. The summed E-state index contributed by atoms with van der Waals surface area (Å²) in [5.41, 5.74) is 1.93. The van der Waals surface area contributed by atoms with Gasteiger partial charge in [0.2, 0.25) is 0 Å². The molecule has 0 saturated carbocycles. The van der Waals surface area contributed by atoms with Crippen molar-refractivity contribution in [2.24, 2.45) is 5.92 Å². The molecule has 3 nitrogen and oxygen atoms in total. The average molecular weight is 244 g/mol. The topological polar surface area (TPSA) is 45.0 Å². The summed E-state index contributed by atoms with van der Waals surface area (Å²) < 4.78 is 5.58. The smallest absolute Gasteiger partial charge is 0.0994 e. The van der Waals surface area contributed by atoms with Crippen LogP contribution in [0.5, 0.6) is 0 Å². The largest absolute Gasteiger partial charge is 0.381 e. The van der Waals surface area contributed by atoms with Crippen molar-refractivity contribution >= 4 is 0 Å². The van der Waals surface area contributed by atoms with Gasteiger partial charge in [0.1, 0.15) is 0 Å². The van der Waals surface area contributed by atoms with Crippen molar-refractivity contribution in [1.29, 1.82) is 5.26 Å². The predicted molar refractivity (Wildman–Crippen MR) is 71.3 cm³/mol. The van der Waals surface area contributed by atoms with Gasteiger partial charge in [-0.3, -0.25) is 0 Å². The minimum atomic E-state index is 0.466. The van der Waals surface area contributed by atoms with E-state index in [1.54, 1.807) is 0 Å². The molecule has 1 aromatic rings. The summed E-state index contributed by atoms with van der Waals surface area (Å²) in [6.07, 6.45) is 1.98. The molecule has 3 heteroatoms. The maximum Gasteiger partial charge on any atom is 0.0994 e. The zero-order valence-electron chi connectivity index (χ0n) is 10.9. The van der Waals surface area contributed by atoms with Crippen LogP contribution in [-0.2, 0) is 11.2 Å². The van der Waals surface area contributed by atoms with Gasteiger partial charge in [0.25, 0.3) is 0 Å². The van der Waals surface area contributed by atoms with Gasteiger partial charge in [-0.1, -0.05) is 25.1 Å². The fourth-order valence-corrected chi connectivity index (χ4v) is 2.62. The minimum Gasteiger partial charge on any atom is -0.381 e. The van der Waals surface area contributed by atoms with Crippen molar-refractivity contribution in [1.82, 2.24) is 5.32 Å². The van der Waals surface area contributed by atoms with Crippen LogP contribution in [0.25, 0.3) is 0 Å². The quantitative estimate of drug-likeness (QED) is 0.882. The van der Waals surface area contributed by atoms with E-state index in [1.807, 2.05) is 18.2 Å². The number of nitriles is 1. The number of nitrogens with zero attached hydrogens (tertiary/aromatic N) is 1. The molecule has 1 fully saturated rings. The summed E-state index contributed by atoms with van der Waals surface area (Å²) in [5.74, 6) is 0.466. The Morgan fingerprint density at radius 1 is 1.44 bits per heavy atom. The van der Waals surface area contributed by atoms with E-state index < -0.39 is 0 Å². The zero-order valence-corrected chi connectivity index (χ0v) is 10.9. The van der Waals surface area contributed by atoms with E-state index >= 15 is 0 Å². The summed E-state index contributed by atoms with van der Waals surface area (Å²) in [7, 11) is 0. The molecule has 1 aliphatic heterocycles. The standard InChI is InChI=1S/C15H20N2O/c1-2-17-15-7-8-18-11-14(15)9-12-5-3-4-6-13(12)10-16/h3-6,14-15,17H,2,7-9,11H2,1H3/t14-,15+/m1/s1. The Hall–Kier alpha value is -1.37. The van der Waals surface area contributed by atoms with E-state index in [-0.39, 0.29) is 0 Å². The van der Waals surface area contributed by atoms with E-state index in [1.165, 1.54) is 0 Å². The van der Waals surface area contributed by atoms with Crippen LogP contribution in [0.4, 0.5) is 0 Å². The number of benzene rings is 1. The average Bonchev–Trinajstić information content (AvgIpc) is 2.42. The monoisotopic (exact) mass is 244 g/mol. The van der Waals surface area contributed by atoms with E-state index in [0.29, 0.717) is 12.0 Å². The lowest BCUT2D eigenvalue weighted by Crippen LogP contribution is -2.43. The first-order valence-electron chi connectivity index (χ1n) is 6.64. The Bertz CT molecular complexity index is 423. The highest BCUT2D eigenvalue weighted by atomic mass is 16.5. The number of rotatable bonds is 4. The summed E-state index contributed by atoms with van der Waals surface area (Å²) >= 11 is 0. The number of nitrogens with one attached hydrogen (secondary N) is 1. The summed E-state index contributed by atoms with van der Waals surface area (Å²) in [4.78, 5) is 0. The fourth-order valence-electron chi connectivity index (χ4n) is 2.62. The van der Waals surface area contributed by atoms with E-state index in [0.717, 1.165) is 43.7 Å². The van der Waals surface area contributed by atoms with Crippen LogP contribution < -0.4 is 5.32 Å². The summed E-state index contributed by atoms with van der Waals surface area (Å²) in [6.45, 7) is 4.75. The van der Waals surface area contributed by atoms with E-state index in [9.17, 15) is 0 Å². The molecular weight excluding hydrogens is 224 g/mol. The summed E-state index contributed by atoms with van der Waals surface area (Å²) in [5, 5.41) is 12.6. The van der Waals surface area contributed by atoms with Gasteiger partial charge in [0.15, 0.2) is 0 Å². The molecule has 18 heavy (non-hydrogen) atoms. The van der Waals surface area contributed by atoms with Gasteiger partial charge < -0.3 is 10.1 Å². The second-order valence-corrected chi connectivity index (χ2v) is 4.76. The van der Waals surface area contributed by atoms with Crippen LogP contribution in [-0.4, -0.2) is 25.8 Å². The Balaban J connectivity index is 2.09. The molecule has 1 N–H and O–H groups in total. The van der Waals surface area contributed by atoms with Crippen LogP contribution in [0.3, 0.4) is 0 Å². The molecule has 0 spiro atoms. The van der Waals surface area contributed by atoms with Crippen molar-refractivity contribution in [3.8, 4) is 6.07 Å². The molecule has 0 bridgehead atoms. The van der Waals surface area contributed by atoms with Crippen molar-refractivity contribution < 1.29 is 4.74 Å². The number of hydrogen-bond donors (Lipinski definition) is 1. The molecule has 0 aliphatic carbocycles. The van der Waals surface area contributed by atoms with E-state index in [4.69, 9.17) is 10.00 Å². The summed E-state index contributed by atoms with van der Waals surface area (Å²) in [6, 6.07) is 10.6. The Labute approximate surface area is 109 Å². The highest BCUT2D eigenvalue weighted by molar-refractivity contribution is 5.37. The third-order valence-corrected chi connectivity index (χ3v) is 3.56. The predicted octanol–water partition coefficient (Wildman–Crippen LogP) is 2.12. The van der Waals surface area contributed by atoms with Crippen LogP contribution in [0, 0.1) is 17.2 Å². The minimum absolute atomic E-state index is 0.466. The van der Waals surface area contributed by atoms with Crippen molar-refractivity contribution in [3.63, 3.8) is 0 Å². The maximum atomic E-state index is 9.12. The molecule has 0 unspecified atom stereocenters. The normalized spacial score (nSPS) is 23.6. The molecule has 0 amide bonds. The first-order chi connectivity index (χ1) is 8.85. The fraction of sp³-hybridized carbons (Fsp3) is 0.533. The maximum absolute atomic E-state index is 9.12. The first kappa shape index (κ1) is 13.1. The second-order valence-electron chi connectivity index (χ2n) is 4.76. The molecule has 0 aromatic heterocycles. The number of ether oxygens (including phenoxy) is 1. The Morgan fingerprint density at radius 3 is 3.06 bits per heavy atom. The molecule has 1 heterocycles. The van der Waals surface area contributed by atoms with Gasteiger partial charge in [-0.2, -0.15) is 5.26 Å². The zero-order chi connectivity index (χ0) is 12.8. The molecule has 1 aliphatic rings. The first-order valence-corrected chi connectivity index (χ1v) is 6.64. The van der Waals surface area contributed by atoms with Gasteiger partial charge in [-0.15, -0.1) is 0 Å². The van der Waals surface area contributed by atoms with Crippen LogP contribution >= 0.6 is 0 Å². The lowest BCUT2D eigenvalue weighted by Gasteiger charge is -2.32. The van der Waals surface area contributed by atoms with E-state index in [2.05, 4.69) is 24.4 Å². The van der Waals surface area contributed by atoms with Gasteiger partial charge >= 0.3 is 0 Å². The van der Waals surface area contributed by atoms with Crippen molar-refractivity contribution in [2.45, 2.75) is 25.8 Å². The molecule has 1 aromatic carbocycles. The SMILES string of the molecule is CCN[C@H]1CCOC[C@H]1Cc1ccccc1C#N. The molecule has 96 valence electrons. The third-order valence-electron chi connectivity index (χ3n) is 3.56. The molecule has 2 rings (SSSR count). The lowest BCUT2D eigenvalue weighted by atomic mass is 9.88. The molecular formula is C15H20N2O. The highest BCUT2D eigenvalue weighted by Gasteiger charge is 2.25. The Morgan fingerprint density at radius 2 is 2.28 bits per heavy atom. The van der Waals surface area contributed by atoms with Crippen molar-refractivity contribution in [3.05, 3.63) is 35.4 Å². The van der Waals surface area contributed by atoms with Crippen LogP contribution in [0.15, 0.2) is 24.3 Å². The molecule has 2 atom stereocenters. The van der Waals surface area contributed by atoms with Gasteiger partial charge in [0.05, 0.1) is 18.2 Å². The molecule has 1 saturated heterocycles. The van der Waals surface area contributed by atoms with Crippen LogP contribution in [0.1, 0.15) is 24.5 Å². The number of hydrogen-bond acceptors (Lipinski definition) is 3.